The number of hydrogen-bond acceptors (Lipinski definition) is 5. The summed E-state index contributed by atoms with van der Waals surface area (Å²) in [5.41, 5.74) is 1.04. The topological polar surface area (TPSA) is 53.0 Å². The Bertz CT molecular complexity index is 837. The molecule has 1 spiro atoms. The van der Waals surface area contributed by atoms with Gasteiger partial charge in [0.25, 0.3) is 0 Å². The molecule has 5 nitrogen and oxygen atoms in total. The number of esters is 1. The number of nitrogens with zero attached hydrogens (tertiary/aromatic N) is 2. The molecule has 3 saturated heterocycles. The standard InChI is InChI=1S/C22H28N2O3/c1-3-21-12-22(26,19(25)27-2)24-16-7-5-4-6-14(16)15-8-11-23(18(21)17(15)24)13-20(21)9-10-20/h4-7,15,17-18,26H,3,8-13H2,1-2H3. The van der Waals surface area contributed by atoms with Crippen molar-refractivity contribution in [3.63, 3.8) is 0 Å². The molecule has 4 fully saturated rings. The van der Waals surface area contributed by atoms with E-state index in [0.29, 0.717) is 18.4 Å². The van der Waals surface area contributed by atoms with Crippen LogP contribution in [-0.4, -0.2) is 54.0 Å². The van der Waals surface area contributed by atoms with Crippen molar-refractivity contribution in [3.05, 3.63) is 29.8 Å². The van der Waals surface area contributed by atoms with E-state index in [-0.39, 0.29) is 16.9 Å². The summed E-state index contributed by atoms with van der Waals surface area (Å²) in [7, 11) is 1.40. The smallest absolute Gasteiger partial charge is 0.359 e. The van der Waals surface area contributed by atoms with Crippen LogP contribution in [0, 0.1) is 10.8 Å². The van der Waals surface area contributed by atoms with Gasteiger partial charge in [0, 0.05) is 30.6 Å². The van der Waals surface area contributed by atoms with Gasteiger partial charge in [0.1, 0.15) is 0 Å². The molecule has 4 aliphatic heterocycles. The summed E-state index contributed by atoms with van der Waals surface area (Å²) in [4.78, 5) is 17.8. The van der Waals surface area contributed by atoms with Crippen molar-refractivity contribution < 1.29 is 14.6 Å². The molecule has 1 saturated carbocycles. The Morgan fingerprint density at radius 2 is 2.11 bits per heavy atom. The van der Waals surface area contributed by atoms with E-state index in [4.69, 9.17) is 4.74 Å². The van der Waals surface area contributed by atoms with Crippen molar-refractivity contribution >= 4 is 11.7 Å². The van der Waals surface area contributed by atoms with Crippen molar-refractivity contribution in [2.75, 3.05) is 25.1 Å². The fourth-order valence-electron chi connectivity index (χ4n) is 7.72. The summed E-state index contributed by atoms with van der Waals surface area (Å²) < 4.78 is 5.18. The van der Waals surface area contributed by atoms with Gasteiger partial charge in [-0.25, -0.2) is 4.79 Å². The number of aliphatic hydroxyl groups is 1. The number of carbonyl (C=O) groups is 1. The Morgan fingerprint density at radius 3 is 2.81 bits per heavy atom. The second kappa shape index (κ2) is 4.87. The molecule has 1 aliphatic carbocycles. The lowest BCUT2D eigenvalue weighted by Crippen LogP contribution is -2.73. The molecule has 6 rings (SSSR count). The molecule has 0 radical (unpaired) electrons. The highest BCUT2D eigenvalue weighted by Crippen LogP contribution is 2.74. The average molecular weight is 368 g/mol. The fourth-order valence-corrected chi connectivity index (χ4v) is 7.72. The lowest BCUT2D eigenvalue weighted by Gasteiger charge is -2.59. The molecule has 0 aromatic heterocycles. The zero-order valence-corrected chi connectivity index (χ0v) is 16.1. The van der Waals surface area contributed by atoms with E-state index in [0.717, 1.165) is 31.6 Å². The second-order valence-corrected chi connectivity index (χ2v) is 9.50. The molecular formula is C22H28N2O3. The average Bonchev–Trinajstić information content (AvgIpc) is 3.31. The quantitative estimate of drug-likeness (QED) is 0.813. The third kappa shape index (κ3) is 1.64. The zero-order chi connectivity index (χ0) is 18.6. The number of anilines is 1. The highest BCUT2D eigenvalue weighted by atomic mass is 16.5. The van der Waals surface area contributed by atoms with Crippen LogP contribution in [0.15, 0.2) is 24.3 Å². The second-order valence-electron chi connectivity index (χ2n) is 9.50. The van der Waals surface area contributed by atoms with E-state index in [2.05, 4.69) is 34.9 Å². The van der Waals surface area contributed by atoms with Crippen LogP contribution in [0.4, 0.5) is 5.69 Å². The maximum atomic E-state index is 13.0. The van der Waals surface area contributed by atoms with E-state index in [1.54, 1.807) is 0 Å². The third-order valence-electron chi connectivity index (χ3n) is 8.84. The van der Waals surface area contributed by atoms with Crippen molar-refractivity contribution in [3.8, 4) is 0 Å². The summed E-state index contributed by atoms with van der Waals surface area (Å²) in [5.74, 6) is -0.109. The van der Waals surface area contributed by atoms with Crippen LogP contribution >= 0.6 is 0 Å². The van der Waals surface area contributed by atoms with Gasteiger partial charge in [-0.3, -0.25) is 4.90 Å². The normalized spacial score (nSPS) is 42.8. The lowest BCUT2D eigenvalue weighted by molar-refractivity contribution is -0.176. The number of para-hydroxylation sites is 1. The van der Waals surface area contributed by atoms with Gasteiger partial charge in [-0.2, -0.15) is 0 Å². The molecule has 5 aliphatic rings. The van der Waals surface area contributed by atoms with E-state index in [1.165, 1.54) is 25.5 Å². The summed E-state index contributed by atoms with van der Waals surface area (Å²) in [5, 5.41) is 11.9. The summed E-state index contributed by atoms with van der Waals surface area (Å²) >= 11 is 0. The van der Waals surface area contributed by atoms with Crippen LogP contribution in [0.5, 0.6) is 0 Å². The molecule has 27 heavy (non-hydrogen) atoms. The Kier molecular flexibility index (Phi) is 2.95. The predicted molar refractivity (Wildman–Crippen MR) is 101 cm³/mol. The third-order valence-corrected chi connectivity index (χ3v) is 8.84. The van der Waals surface area contributed by atoms with Gasteiger partial charge in [0.15, 0.2) is 0 Å². The number of benzene rings is 1. The Morgan fingerprint density at radius 1 is 1.33 bits per heavy atom. The Hall–Kier alpha value is -1.59. The highest BCUT2D eigenvalue weighted by molar-refractivity contribution is 5.86. The van der Waals surface area contributed by atoms with Gasteiger partial charge in [-0.1, -0.05) is 25.1 Å². The van der Waals surface area contributed by atoms with Crippen molar-refractivity contribution in [2.24, 2.45) is 10.8 Å². The SMILES string of the molecule is CCC12CC(O)(C(=O)OC)N3c4ccccc4C4CCN(CC15CC5)C2C43. The number of methoxy groups -OCH3 is 1. The number of carbonyl (C=O) groups excluding carboxylic acids is 1. The van der Waals surface area contributed by atoms with E-state index >= 15 is 0 Å². The number of ether oxygens (including phenoxy) is 1. The lowest BCUT2D eigenvalue weighted by atomic mass is 9.58. The van der Waals surface area contributed by atoms with Crippen molar-refractivity contribution in [1.82, 2.24) is 4.90 Å². The minimum Gasteiger partial charge on any atom is -0.465 e. The summed E-state index contributed by atoms with van der Waals surface area (Å²) in [6.07, 6.45) is 5.06. The molecular weight excluding hydrogens is 340 g/mol. The first-order valence-electron chi connectivity index (χ1n) is 10.4. The van der Waals surface area contributed by atoms with E-state index < -0.39 is 11.7 Å². The molecule has 1 N–H and O–H groups in total. The molecule has 5 unspecified atom stereocenters. The van der Waals surface area contributed by atoms with Gasteiger partial charge in [0.2, 0.25) is 5.72 Å². The summed E-state index contributed by atoms with van der Waals surface area (Å²) in [6.45, 7) is 4.53. The fraction of sp³-hybridized carbons (Fsp3) is 0.682. The molecule has 4 heterocycles. The number of hydrogen-bond donors (Lipinski definition) is 1. The van der Waals surface area contributed by atoms with Gasteiger partial charge >= 0.3 is 5.97 Å². The highest BCUT2D eigenvalue weighted by Gasteiger charge is 2.77. The first-order valence-corrected chi connectivity index (χ1v) is 10.4. The molecule has 0 amide bonds. The van der Waals surface area contributed by atoms with Crippen LogP contribution in [0.25, 0.3) is 0 Å². The Labute approximate surface area is 160 Å². The van der Waals surface area contributed by atoms with Crippen molar-refractivity contribution in [1.29, 1.82) is 0 Å². The maximum Gasteiger partial charge on any atom is 0.359 e. The largest absolute Gasteiger partial charge is 0.465 e. The van der Waals surface area contributed by atoms with Crippen LogP contribution in [-0.2, 0) is 9.53 Å². The number of piperidine rings is 2. The van der Waals surface area contributed by atoms with Gasteiger partial charge < -0.3 is 14.7 Å². The van der Waals surface area contributed by atoms with Crippen LogP contribution in [0.3, 0.4) is 0 Å². The van der Waals surface area contributed by atoms with Crippen LogP contribution in [0.2, 0.25) is 0 Å². The Balaban J connectivity index is 1.61. The zero-order valence-electron chi connectivity index (χ0n) is 16.1. The van der Waals surface area contributed by atoms with E-state index in [9.17, 15) is 9.90 Å². The molecule has 144 valence electrons. The first kappa shape index (κ1) is 16.4. The molecule has 1 aromatic carbocycles. The molecule has 5 atom stereocenters. The molecule has 0 bridgehead atoms. The monoisotopic (exact) mass is 368 g/mol. The van der Waals surface area contributed by atoms with Crippen LogP contribution in [0.1, 0.15) is 50.5 Å². The first-order chi connectivity index (χ1) is 13.0. The van der Waals surface area contributed by atoms with Crippen LogP contribution < -0.4 is 4.90 Å². The number of rotatable bonds is 2. The maximum absolute atomic E-state index is 13.0. The predicted octanol–water partition coefficient (Wildman–Crippen LogP) is 2.49. The van der Waals surface area contributed by atoms with Gasteiger partial charge in [0.05, 0.1) is 13.2 Å². The van der Waals surface area contributed by atoms with E-state index in [1.807, 2.05) is 6.07 Å². The van der Waals surface area contributed by atoms with Gasteiger partial charge in [-0.15, -0.1) is 0 Å². The number of fused-ring (bicyclic) bond motifs is 4. The minimum atomic E-state index is -1.57. The molecule has 1 aromatic rings. The minimum absolute atomic E-state index is 0.00216. The molecule has 5 heteroatoms. The van der Waals surface area contributed by atoms with Gasteiger partial charge in [-0.05, 0) is 54.7 Å². The van der Waals surface area contributed by atoms with Crippen molar-refractivity contribution in [2.45, 2.75) is 62.8 Å². The summed E-state index contributed by atoms with van der Waals surface area (Å²) in [6, 6.07) is 8.96.